The Hall–Kier alpha value is -4.28. The van der Waals surface area contributed by atoms with Crippen LogP contribution in [-0.4, -0.2) is 19.1 Å². The Bertz CT molecular complexity index is 1570. The van der Waals surface area contributed by atoms with Crippen molar-refractivity contribution in [1.29, 1.82) is 5.26 Å². The molecule has 5 aromatic rings. The third kappa shape index (κ3) is 5.29. The van der Waals surface area contributed by atoms with Gasteiger partial charge in [-0.3, -0.25) is 9.78 Å². The summed E-state index contributed by atoms with van der Waals surface area (Å²) in [5, 5.41) is 10.4. The minimum atomic E-state index is -1.44. The minimum Gasteiger partial charge on any atom is -0.341 e. The molecule has 0 aliphatic rings. The number of aromatic nitrogens is 4. The Balaban J connectivity index is 0.000000421. The quantitative estimate of drug-likeness (QED) is 0.333. The number of fused-ring (bicyclic) bond motifs is 1. The third-order valence-corrected chi connectivity index (χ3v) is 5.77. The number of halogens is 2. The van der Waals surface area contributed by atoms with Gasteiger partial charge >= 0.3 is 0 Å². The Morgan fingerprint density at radius 2 is 1.86 bits per heavy atom. The maximum Gasteiger partial charge on any atom is 0.251 e. The Labute approximate surface area is 206 Å². The van der Waals surface area contributed by atoms with E-state index in [9.17, 15) is 10.1 Å². The van der Waals surface area contributed by atoms with Gasteiger partial charge in [-0.1, -0.05) is 35.9 Å². The maximum atomic E-state index is 15.1. The van der Waals surface area contributed by atoms with Gasteiger partial charge in [0, 0.05) is 43.0 Å². The maximum absolute atomic E-state index is 15.1. The van der Waals surface area contributed by atoms with Gasteiger partial charge in [-0.05, 0) is 47.0 Å². The van der Waals surface area contributed by atoms with E-state index in [0.717, 1.165) is 0 Å². The van der Waals surface area contributed by atoms with Gasteiger partial charge in [-0.2, -0.15) is 5.26 Å². The number of alkyl halides is 1. The zero-order valence-electron chi connectivity index (χ0n) is 19.1. The number of benzene rings is 2. The Morgan fingerprint density at radius 3 is 2.49 bits per heavy atom. The number of rotatable bonds is 3. The standard InChI is InChI=1S/C23H15ClFN3O.C4H6N2/c1-28-21-13-27-20(23(25)15-5-7-17(24)8-6-15)10-19(21)18(11-22(28)29)16-4-2-3-14(9-16)12-26;1-6-3-2-5-4-6/h2-11,13,23H,1H3;2-4H,1H3. The molecule has 0 bridgehead atoms. The molecule has 8 heteroatoms. The Kier molecular flexibility index (Phi) is 7.04. The predicted molar refractivity (Wildman–Crippen MR) is 135 cm³/mol. The molecule has 0 saturated carbocycles. The minimum absolute atomic E-state index is 0.209. The summed E-state index contributed by atoms with van der Waals surface area (Å²) in [4.78, 5) is 20.5. The summed E-state index contributed by atoms with van der Waals surface area (Å²) in [7, 11) is 3.58. The van der Waals surface area contributed by atoms with Crippen molar-refractivity contribution in [2.24, 2.45) is 14.1 Å². The van der Waals surface area contributed by atoms with Gasteiger partial charge in [0.15, 0.2) is 6.17 Å². The van der Waals surface area contributed by atoms with Crippen LogP contribution in [0.15, 0.2) is 90.4 Å². The zero-order chi connectivity index (χ0) is 24.9. The molecule has 1 unspecified atom stereocenters. The van der Waals surface area contributed by atoms with E-state index in [4.69, 9.17) is 11.6 Å². The number of aryl methyl sites for hydroxylation is 2. The van der Waals surface area contributed by atoms with Crippen molar-refractivity contribution in [2.45, 2.75) is 6.17 Å². The van der Waals surface area contributed by atoms with E-state index in [1.807, 2.05) is 23.9 Å². The first-order chi connectivity index (χ1) is 16.9. The lowest BCUT2D eigenvalue weighted by atomic mass is 9.98. The lowest BCUT2D eigenvalue weighted by molar-refractivity contribution is 0.394. The van der Waals surface area contributed by atoms with Crippen molar-refractivity contribution >= 4 is 22.5 Å². The molecule has 0 N–H and O–H groups in total. The molecule has 0 spiro atoms. The van der Waals surface area contributed by atoms with Gasteiger partial charge in [0.25, 0.3) is 5.56 Å². The first-order valence-corrected chi connectivity index (χ1v) is 11.1. The lowest BCUT2D eigenvalue weighted by Crippen LogP contribution is -2.17. The fraction of sp³-hybridized carbons (Fsp3) is 0.111. The summed E-state index contributed by atoms with van der Waals surface area (Å²) >= 11 is 5.89. The third-order valence-electron chi connectivity index (χ3n) is 5.52. The highest BCUT2D eigenvalue weighted by Gasteiger charge is 2.17. The van der Waals surface area contributed by atoms with E-state index in [0.29, 0.717) is 38.2 Å². The molecule has 1 atom stereocenters. The monoisotopic (exact) mass is 485 g/mol. The molecule has 3 aromatic heterocycles. The van der Waals surface area contributed by atoms with Crippen LogP contribution in [0.2, 0.25) is 5.02 Å². The number of nitriles is 1. The number of hydrogen-bond donors (Lipinski definition) is 0. The fourth-order valence-corrected chi connectivity index (χ4v) is 3.75. The van der Waals surface area contributed by atoms with Gasteiger partial charge in [-0.25, -0.2) is 9.37 Å². The van der Waals surface area contributed by atoms with Gasteiger partial charge in [-0.15, -0.1) is 0 Å². The molecule has 0 fully saturated rings. The van der Waals surface area contributed by atoms with Crippen LogP contribution in [0.4, 0.5) is 4.39 Å². The number of pyridine rings is 2. The first-order valence-electron chi connectivity index (χ1n) is 10.7. The molecule has 3 heterocycles. The normalized spacial score (nSPS) is 11.4. The molecular weight excluding hydrogens is 465 g/mol. The van der Waals surface area contributed by atoms with Crippen LogP contribution < -0.4 is 5.56 Å². The van der Waals surface area contributed by atoms with Crippen molar-refractivity contribution in [2.75, 3.05) is 0 Å². The summed E-state index contributed by atoms with van der Waals surface area (Å²) < 4.78 is 18.5. The second-order valence-corrected chi connectivity index (χ2v) is 8.35. The molecule has 174 valence electrons. The molecule has 0 amide bonds. The zero-order valence-corrected chi connectivity index (χ0v) is 19.8. The van der Waals surface area contributed by atoms with Crippen molar-refractivity contribution in [1.82, 2.24) is 19.1 Å². The highest BCUT2D eigenvalue weighted by atomic mass is 35.5. The average Bonchev–Trinajstić information content (AvgIpc) is 3.37. The van der Waals surface area contributed by atoms with Crippen LogP contribution in [0.25, 0.3) is 22.0 Å². The molecule has 0 aliphatic carbocycles. The molecule has 6 nitrogen and oxygen atoms in total. The smallest absolute Gasteiger partial charge is 0.251 e. The van der Waals surface area contributed by atoms with Crippen LogP contribution in [-0.2, 0) is 14.1 Å². The van der Waals surface area contributed by atoms with Crippen molar-refractivity contribution in [3.8, 4) is 17.2 Å². The molecule has 0 radical (unpaired) electrons. The van der Waals surface area contributed by atoms with Crippen LogP contribution in [0.1, 0.15) is 23.0 Å². The number of hydrogen-bond acceptors (Lipinski definition) is 4. The lowest BCUT2D eigenvalue weighted by Gasteiger charge is -2.14. The second-order valence-electron chi connectivity index (χ2n) is 7.92. The van der Waals surface area contributed by atoms with Gasteiger partial charge < -0.3 is 9.13 Å². The highest BCUT2D eigenvalue weighted by molar-refractivity contribution is 6.30. The molecule has 5 rings (SSSR count). The summed E-state index contributed by atoms with van der Waals surface area (Å²) in [5.74, 6) is 0. The molecule has 2 aromatic carbocycles. The van der Waals surface area contributed by atoms with Gasteiger partial charge in [0.05, 0.1) is 35.4 Å². The molecule has 0 aliphatic heterocycles. The number of imidazole rings is 1. The summed E-state index contributed by atoms with van der Waals surface area (Å²) in [6, 6.07) is 18.7. The molecule has 35 heavy (non-hydrogen) atoms. The number of nitrogens with zero attached hydrogens (tertiary/aromatic N) is 5. The highest BCUT2D eigenvalue weighted by Crippen LogP contribution is 2.32. The molecule has 0 saturated heterocycles. The fourth-order valence-electron chi connectivity index (χ4n) is 3.63. The SMILES string of the molecule is Cn1c(=O)cc(-c2cccc(C#N)c2)c2cc(C(F)c3ccc(Cl)cc3)ncc21.Cn1ccnc1. The van der Waals surface area contributed by atoms with E-state index < -0.39 is 6.17 Å². The Morgan fingerprint density at radius 1 is 1.09 bits per heavy atom. The van der Waals surface area contributed by atoms with Crippen LogP contribution in [0, 0.1) is 11.3 Å². The topological polar surface area (TPSA) is 76.5 Å². The van der Waals surface area contributed by atoms with Crippen molar-refractivity contribution in [3.05, 3.63) is 118 Å². The van der Waals surface area contributed by atoms with E-state index in [1.54, 1.807) is 68.1 Å². The van der Waals surface area contributed by atoms with Crippen molar-refractivity contribution in [3.63, 3.8) is 0 Å². The van der Waals surface area contributed by atoms with Crippen LogP contribution in [0.5, 0.6) is 0 Å². The molecular formula is C27H21ClFN5O. The van der Waals surface area contributed by atoms with E-state index in [1.165, 1.54) is 16.8 Å². The summed E-state index contributed by atoms with van der Waals surface area (Å²) in [6.45, 7) is 0. The van der Waals surface area contributed by atoms with E-state index >= 15 is 4.39 Å². The first kappa shape index (κ1) is 23.9. The van der Waals surface area contributed by atoms with Gasteiger partial charge in [0.2, 0.25) is 0 Å². The summed E-state index contributed by atoms with van der Waals surface area (Å²) in [6.07, 6.45) is 5.46. The average molecular weight is 486 g/mol. The summed E-state index contributed by atoms with van der Waals surface area (Å²) in [5.41, 5.74) is 2.88. The predicted octanol–water partition coefficient (Wildman–Crippen LogP) is 5.60. The second kappa shape index (κ2) is 10.3. The van der Waals surface area contributed by atoms with Gasteiger partial charge in [0.1, 0.15) is 0 Å². The largest absolute Gasteiger partial charge is 0.341 e. The van der Waals surface area contributed by atoms with Crippen LogP contribution >= 0.6 is 11.6 Å². The van der Waals surface area contributed by atoms with Crippen LogP contribution in [0.3, 0.4) is 0 Å². The van der Waals surface area contributed by atoms with Crippen molar-refractivity contribution < 1.29 is 4.39 Å². The van der Waals surface area contributed by atoms with E-state index in [2.05, 4.69) is 16.0 Å². The van der Waals surface area contributed by atoms with E-state index in [-0.39, 0.29) is 11.3 Å².